The van der Waals surface area contributed by atoms with Crippen molar-refractivity contribution in [1.82, 2.24) is 15.1 Å². The van der Waals surface area contributed by atoms with Gasteiger partial charge in [0.25, 0.3) is 0 Å². The molecule has 0 spiro atoms. The minimum atomic E-state index is -0.0968. The summed E-state index contributed by atoms with van der Waals surface area (Å²) in [6.07, 6.45) is 2.37. The average molecular weight is 386 g/mol. The Morgan fingerprint density at radius 3 is 2.93 bits per heavy atom. The first-order valence-corrected chi connectivity index (χ1v) is 10.6. The number of piperidine rings is 1. The van der Waals surface area contributed by atoms with Crippen molar-refractivity contribution in [2.75, 3.05) is 39.4 Å². The molecule has 1 aromatic rings. The molecule has 152 valence electrons. The highest BCUT2D eigenvalue weighted by atomic mass is 16.5. The molecule has 7 heteroatoms. The lowest BCUT2D eigenvalue weighted by molar-refractivity contribution is 0.00810. The molecule has 4 heterocycles. The Kier molecular flexibility index (Phi) is 5.00. The molecule has 1 aromatic carbocycles. The number of rotatable bonds is 2. The third-order valence-electron chi connectivity index (χ3n) is 6.57. The molecular weight excluding hydrogens is 356 g/mol. The van der Waals surface area contributed by atoms with Gasteiger partial charge in [-0.15, -0.1) is 0 Å². The van der Waals surface area contributed by atoms with Crippen molar-refractivity contribution in [3.05, 3.63) is 29.8 Å². The van der Waals surface area contributed by atoms with Crippen LogP contribution in [-0.4, -0.2) is 78.5 Å². The Morgan fingerprint density at radius 2 is 2.14 bits per heavy atom. The summed E-state index contributed by atoms with van der Waals surface area (Å²) in [7, 11) is 0. The predicted octanol–water partition coefficient (Wildman–Crippen LogP) is 1.55. The predicted molar refractivity (Wildman–Crippen MR) is 106 cm³/mol. The van der Waals surface area contributed by atoms with Gasteiger partial charge in [0.1, 0.15) is 30.1 Å². The maximum Gasteiger partial charge on any atom is 0.133 e. The Labute approximate surface area is 166 Å². The minimum Gasteiger partial charge on any atom is -0.508 e. The first-order valence-electron chi connectivity index (χ1n) is 10.6. The Morgan fingerprint density at radius 1 is 1.29 bits per heavy atom. The number of amidine groups is 1. The number of phenols is 1. The molecule has 5 atom stereocenters. The van der Waals surface area contributed by atoms with Crippen molar-refractivity contribution >= 4 is 5.84 Å². The summed E-state index contributed by atoms with van der Waals surface area (Å²) in [5.41, 5.74) is 1.04. The van der Waals surface area contributed by atoms with Gasteiger partial charge in [-0.2, -0.15) is 0 Å². The van der Waals surface area contributed by atoms with E-state index in [-0.39, 0.29) is 18.5 Å². The summed E-state index contributed by atoms with van der Waals surface area (Å²) in [5, 5.41) is 13.6. The van der Waals surface area contributed by atoms with Crippen molar-refractivity contribution in [3.63, 3.8) is 0 Å². The highest BCUT2D eigenvalue weighted by Gasteiger charge is 2.54. The number of phenolic OH excluding ortho intramolecular Hbond substituents is 1. The van der Waals surface area contributed by atoms with Crippen molar-refractivity contribution in [2.24, 2.45) is 10.9 Å². The topological polar surface area (TPSA) is 69.6 Å². The third kappa shape index (κ3) is 3.10. The van der Waals surface area contributed by atoms with E-state index in [4.69, 9.17) is 14.5 Å². The number of nitrogens with one attached hydrogen (secondary N) is 1. The van der Waals surface area contributed by atoms with Crippen LogP contribution in [-0.2, 0) is 9.47 Å². The van der Waals surface area contributed by atoms with Gasteiger partial charge in [-0.3, -0.25) is 10.2 Å². The van der Waals surface area contributed by atoms with Crippen molar-refractivity contribution in [3.8, 4) is 5.75 Å². The van der Waals surface area contributed by atoms with E-state index in [9.17, 15) is 5.11 Å². The van der Waals surface area contributed by atoms with Crippen LogP contribution in [0.25, 0.3) is 0 Å². The highest BCUT2D eigenvalue weighted by Crippen LogP contribution is 2.43. The van der Waals surface area contributed by atoms with E-state index in [1.807, 2.05) is 12.1 Å². The number of benzene rings is 1. The van der Waals surface area contributed by atoms with E-state index >= 15 is 0 Å². The summed E-state index contributed by atoms with van der Waals surface area (Å²) in [6, 6.07) is 7.84. The molecule has 5 unspecified atom stereocenters. The van der Waals surface area contributed by atoms with Crippen LogP contribution in [0.5, 0.6) is 5.75 Å². The fourth-order valence-electron chi connectivity index (χ4n) is 5.31. The summed E-state index contributed by atoms with van der Waals surface area (Å²) in [6.45, 7) is 7.29. The fraction of sp³-hybridized carbons (Fsp3) is 0.667. The van der Waals surface area contributed by atoms with Gasteiger partial charge >= 0.3 is 0 Å². The van der Waals surface area contributed by atoms with E-state index in [0.29, 0.717) is 17.7 Å². The van der Waals surface area contributed by atoms with Gasteiger partial charge in [-0.25, -0.2) is 4.99 Å². The number of morpholine rings is 1. The second-order valence-electron chi connectivity index (χ2n) is 8.11. The van der Waals surface area contributed by atoms with Gasteiger partial charge in [0, 0.05) is 19.0 Å². The van der Waals surface area contributed by atoms with Crippen LogP contribution in [0, 0.1) is 5.92 Å². The monoisotopic (exact) mass is 386 g/mol. The van der Waals surface area contributed by atoms with Gasteiger partial charge in [-0.05, 0) is 43.6 Å². The van der Waals surface area contributed by atoms with E-state index in [1.54, 1.807) is 6.07 Å². The number of hydrogen-bond acceptors (Lipinski definition) is 7. The Hall–Kier alpha value is -1.67. The van der Waals surface area contributed by atoms with Crippen LogP contribution in [0.1, 0.15) is 31.5 Å². The molecule has 28 heavy (non-hydrogen) atoms. The molecule has 0 bridgehead atoms. The molecule has 3 saturated heterocycles. The second kappa shape index (κ2) is 7.63. The molecule has 0 amide bonds. The lowest BCUT2D eigenvalue weighted by Gasteiger charge is -2.45. The lowest BCUT2D eigenvalue weighted by Crippen LogP contribution is -2.58. The molecule has 0 radical (unpaired) electrons. The summed E-state index contributed by atoms with van der Waals surface area (Å²) < 4.78 is 12.1. The normalized spacial score (nSPS) is 36.0. The average Bonchev–Trinajstić information content (AvgIpc) is 3.13. The van der Waals surface area contributed by atoms with Gasteiger partial charge in [0.05, 0.1) is 19.3 Å². The molecule has 4 aliphatic rings. The van der Waals surface area contributed by atoms with E-state index in [0.717, 1.165) is 50.8 Å². The maximum absolute atomic E-state index is 10.1. The van der Waals surface area contributed by atoms with Crippen LogP contribution in [0.3, 0.4) is 0 Å². The van der Waals surface area contributed by atoms with Crippen molar-refractivity contribution in [2.45, 2.75) is 44.3 Å². The van der Waals surface area contributed by atoms with E-state index in [2.05, 4.69) is 28.1 Å². The fourth-order valence-corrected chi connectivity index (χ4v) is 5.31. The zero-order valence-electron chi connectivity index (χ0n) is 16.5. The first kappa shape index (κ1) is 18.4. The highest BCUT2D eigenvalue weighted by molar-refractivity contribution is 5.89. The molecule has 5 rings (SSSR count). The van der Waals surface area contributed by atoms with Crippen LogP contribution >= 0.6 is 0 Å². The van der Waals surface area contributed by atoms with E-state index in [1.165, 1.54) is 12.8 Å². The maximum atomic E-state index is 10.1. The number of aromatic hydroxyl groups is 1. The van der Waals surface area contributed by atoms with Crippen molar-refractivity contribution in [1.29, 1.82) is 0 Å². The number of aliphatic imine (C=N–C) groups is 1. The summed E-state index contributed by atoms with van der Waals surface area (Å²) in [4.78, 5) is 10.0. The lowest BCUT2D eigenvalue weighted by atomic mass is 9.86. The van der Waals surface area contributed by atoms with Crippen LogP contribution in [0.2, 0.25) is 0 Å². The second-order valence-corrected chi connectivity index (χ2v) is 8.11. The molecule has 0 aromatic heterocycles. The van der Waals surface area contributed by atoms with E-state index < -0.39 is 0 Å². The molecule has 2 N–H and O–H groups in total. The molecule has 7 nitrogen and oxygen atoms in total. The van der Waals surface area contributed by atoms with Gasteiger partial charge in [0.15, 0.2) is 0 Å². The number of hydrogen-bond donors (Lipinski definition) is 2. The number of fused-ring (bicyclic) bond motifs is 3. The zero-order chi connectivity index (χ0) is 19.1. The first-order chi connectivity index (χ1) is 13.8. The standard InChI is InChI=1S/C21H30N4O3/c1-2-25-17-16-7-4-8-22-21(16)28-18(17)20(24-9-11-27-12-10-24)23-19(25)14-5-3-6-15(26)13-14/h3,5-6,13,16-19,21-22,26H,2,4,7-12H2,1H3. The minimum absolute atomic E-state index is 0.00721. The third-order valence-corrected chi connectivity index (χ3v) is 6.57. The smallest absolute Gasteiger partial charge is 0.133 e. The largest absolute Gasteiger partial charge is 0.508 e. The zero-order valence-corrected chi connectivity index (χ0v) is 16.5. The van der Waals surface area contributed by atoms with Gasteiger partial charge in [-0.1, -0.05) is 19.1 Å². The number of nitrogens with zero attached hydrogens (tertiary/aromatic N) is 3. The summed E-state index contributed by atoms with van der Waals surface area (Å²) >= 11 is 0. The van der Waals surface area contributed by atoms with Gasteiger partial charge < -0.3 is 19.5 Å². The molecule has 0 saturated carbocycles. The Balaban J connectivity index is 1.57. The SMILES string of the molecule is CCN1C(c2cccc(O)c2)N=C(N2CCOCC2)C2OC3NCCCC3C21. The van der Waals surface area contributed by atoms with Crippen LogP contribution < -0.4 is 5.32 Å². The molecule has 4 aliphatic heterocycles. The Bertz CT molecular complexity index is 736. The quantitative estimate of drug-likeness (QED) is 0.804. The van der Waals surface area contributed by atoms with Crippen LogP contribution in [0.15, 0.2) is 29.3 Å². The van der Waals surface area contributed by atoms with Crippen molar-refractivity contribution < 1.29 is 14.6 Å². The summed E-state index contributed by atoms with van der Waals surface area (Å²) in [5.74, 6) is 1.81. The number of likely N-dealkylation sites (N-methyl/N-ethyl adjacent to an activating group) is 1. The molecule has 0 aliphatic carbocycles. The molecular formula is C21H30N4O3. The van der Waals surface area contributed by atoms with Crippen LogP contribution in [0.4, 0.5) is 0 Å². The number of ether oxygens (including phenoxy) is 2. The molecule has 3 fully saturated rings. The van der Waals surface area contributed by atoms with Gasteiger partial charge in [0.2, 0.25) is 0 Å².